The quantitative estimate of drug-likeness (QED) is 0.873. The van der Waals surface area contributed by atoms with Crippen molar-refractivity contribution in [2.45, 2.75) is 20.0 Å². The lowest BCUT2D eigenvalue weighted by Crippen LogP contribution is -2.17. The summed E-state index contributed by atoms with van der Waals surface area (Å²) in [5.41, 5.74) is 2.70. The van der Waals surface area contributed by atoms with Gasteiger partial charge in [-0.3, -0.25) is 4.90 Å². The number of aliphatic hydroxyl groups is 1. The molecule has 0 aliphatic rings. The minimum Gasteiger partial charge on any atom is -0.384 e. The second kappa shape index (κ2) is 7.25. The third kappa shape index (κ3) is 4.21. The van der Waals surface area contributed by atoms with E-state index in [0.717, 1.165) is 18.0 Å². The Hall–Kier alpha value is -1.60. The van der Waals surface area contributed by atoms with E-state index < -0.39 is 0 Å². The Balaban J connectivity index is 1.96. The van der Waals surface area contributed by atoms with Crippen LogP contribution in [-0.2, 0) is 13.1 Å². The lowest BCUT2D eigenvalue weighted by atomic mass is 10.1. The molecule has 0 amide bonds. The highest BCUT2D eigenvalue weighted by Crippen LogP contribution is 2.18. The number of aryl methyl sites for hydroxylation is 1. The van der Waals surface area contributed by atoms with Gasteiger partial charge in [0.05, 0.1) is 4.88 Å². The molecule has 0 spiro atoms. The van der Waals surface area contributed by atoms with Gasteiger partial charge in [0.1, 0.15) is 6.61 Å². The van der Waals surface area contributed by atoms with Crippen molar-refractivity contribution in [3.05, 3.63) is 57.3 Å². The Morgan fingerprint density at radius 1 is 1.15 bits per heavy atom. The number of hydrogen-bond acceptors (Lipinski definition) is 3. The maximum absolute atomic E-state index is 8.69. The summed E-state index contributed by atoms with van der Waals surface area (Å²) in [4.78, 5) is 4.61. The smallest absolute Gasteiger partial charge is 0.104 e. The average molecular weight is 285 g/mol. The molecule has 2 nitrogen and oxygen atoms in total. The van der Waals surface area contributed by atoms with Crippen LogP contribution in [0.5, 0.6) is 0 Å². The molecule has 0 fully saturated rings. The van der Waals surface area contributed by atoms with Crippen LogP contribution >= 0.6 is 11.3 Å². The standard InChI is InChI=1S/C17H19NOS/c1-14-6-3-4-7-15(14)12-18(2)13-17-10-9-16(20-17)8-5-11-19/h3-4,6-7,9-10,19H,11-13H2,1-2H3. The first-order valence-corrected chi connectivity index (χ1v) is 7.42. The van der Waals surface area contributed by atoms with Crippen molar-refractivity contribution in [3.8, 4) is 11.8 Å². The molecule has 0 unspecified atom stereocenters. The molecule has 0 radical (unpaired) electrons. The minimum atomic E-state index is -0.0829. The largest absolute Gasteiger partial charge is 0.384 e. The molecule has 104 valence electrons. The van der Waals surface area contributed by atoms with E-state index in [0.29, 0.717) is 0 Å². The van der Waals surface area contributed by atoms with Gasteiger partial charge in [-0.2, -0.15) is 0 Å². The first-order chi connectivity index (χ1) is 9.69. The van der Waals surface area contributed by atoms with Crippen LogP contribution in [0.2, 0.25) is 0 Å². The molecule has 0 aliphatic heterocycles. The van der Waals surface area contributed by atoms with Gasteiger partial charge in [0.2, 0.25) is 0 Å². The topological polar surface area (TPSA) is 23.5 Å². The first kappa shape index (κ1) is 14.8. The molecule has 3 heteroatoms. The second-order valence-corrected chi connectivity index (χ2v) is 5.99. The third-order valence-corrected chi connectivity index (χ3v) is 4.06. The summed E-state index contributed by atoms with van der Waals surface area (Å²) >= 11 is 1.69. The molecule has 0 saturated heterocycles. The zero-order valence-electron chi connectivity index (χ0n) is 11.9. The fourth-order valence-electron chi connectivity index (χ4n) is 2.06. The molecular weight excluding hydrogens is 266 g/mol. The van der Waals surface area contributed by atoms with Crippen molar-refractivity contribution in [1.29, 1.82) is 0 Å². The number of nitrogens with zero attached hydrogens (tertiary/aromatic N) is 1. The Kier molecular flexibility index (Phi) is 5.37. The second-order valence-electron chi connectivity index (χ2n) is 4.82. The van der Waals surface area contributed by atoms with E-state index in [-0.39, 0.29) is 6.61 Å². The van der Waals surface area contributed by atoms with Crippen molar-refractivity contribution in [1.82, 2.24) is 4.90 Å². The van der Waals surface area contributed by atoms with E-state index in [2.05, 4.69) is 61.0 Å². The van der Waals surface area contributed by atoms with Crippen molar-refractivity contribution in [2.24, 2.45) is 0 Å². The monoisotopic (exact) mass is 285 g/mol. The summed E-state index contributed by atoms with van der Waals surface area (Å²) in [5, 5.41) is 8.69. The molecule has 2 aromatic rings. The molecule has 0 saturated carbocycles. The maximum Gasteiger partial charge on any atom is 0.104 e. The van der Waals surface area contributed by atoms with E-state index in [9.17, 15) is 0 Å². The molecule has 0 atom stereocenters. The summed E-state index contributed by atoms with van der Waals surface area (Å²) < 4.78 is 0. The maximum atomic E-state index is 8.69. The highest BCUT2D eigenvalue weighted by molar-refractivity contribution is 7.12. The van der Waals surface area contributed by atoms with Crippen molar-refractivity contribution in [2.75, 3.05) is 13.7 Å². The van der Waals surface area contributed by atoms with Gasteiger partial charge in [-0.15, -0.1) is 11.3 Å². The van der Waals surface area contributed by atoms with Gasteiger partial charge < -0.3 is 5.11 Å². The first-order valence-electron chi connectivity index (χ1n) is 6.60. The van der Waals surface area contributed by atoms with Crippen LogP contribution in [-0.4, -0.2) is 23.7 Å². The van der Waals surface area contributed by atoms with E-state index in [1.807, 2.05) is 6.07 Å². The normalized spacial score (nSPS) is 10.4. The SMILES string of the molecule is Cc1ccccc1CN(C)Cc1ccc(C#CCO)s1. The molecule has 0 bridgehead atoms. The van der Waals surface area contributed by atoms with Crippen LogP contribution in [0, 0.1) is 18.8 Å². The summed E-state index contributed by atoms with van der Waals surface area (Å²) in [6.45, 7) is 3.93. The highest BCUT2D eigenvalue weighted by atomic mass is 32.1. The number of hydrogen-bond donors (Lipinski definition) is 1. The molecule has 2 rings (SSSR count). The van der Waals surface area contributed by atoms with Gasteiger partial charge in [-0.05, 0) is 37.2 Å². The number of benzene rings is 1. The summed E-state index contributed by atoms with van der Waals surface area (Å²) in [5.74, 6) is 5.63. The van der Waals surface area contributed by atoms with Gasteiger partial charge in [0.15, 0.2) is 0 Å². The van der Waals surface area contributed by atoms with Crippen molar-refractivity contribution in [3.63, 3.8) is 0 Å². The van der Waals surface area contributed by atoms with Gasteiger partial charge in [-0.25, -0.2) is 0 Å². The Bertz CT molecular complexity index is 621. The zero-order chi connectivity index (χ0) is 14.4. The molecule has 0 aliphatic carbocycles. The molecule has 1 N–H and O–H groups in total. The lowest BCUT2D eigenvalue weighted by molar-refractivity contribution is 0.321. The van der Waals surface area contributed by atoms with Crippen LogP contribution in [0.4, 0.5) is 0 Å². The number of rotatable bonds is 4. The number of thiophene rings is 1. The van der Waals surface area contributed by atoms with Crippen LogP contribution in [0.25, 0.3) is 0 Å². The van der Waals surface area contributed by atoms with Crippen molar-refractivity contribution >= 4 is 11.3 Å². The average Bonchev–Trinajstić information content (AvgIpc) is 2.86. The number of aliphatic hydroxyl groups excluding tert-OH is 1. The Morgan fingerprint density at radius 3 is 2.70 bits per heavy atom. The van der Waals surface area contributed by atoms with Gasteiger partial charge >= 0.3 is 0 Å². The predicted molar refractivity (Wildman–Crippen MR) is 84.6 cm³/mol. The summed E-state index contributed by atoms with van der Waals surface area (Å²) in [6, 6.07) is 12.6. The molecular formula is C17H19NOS. The predicted octanol–water partition coefficient (Wildman–Crippen LogP) is 3.03. The van der Waals surface area contributed by atoms with E-state index >= 15 is 0 Å². The van der Waals surface area contributed by atoms with E-state index in [4.69, 9.17) is 5.11 Å². The fourth-order valence-corrected chi connectivity index (χ4v) is 3.02. The summed E-state index contributed by atoms with van der Waals surface area (Å²) in [6.07, 6.45) is 0. The van der Waals surface area contributed by atoms with Crippen molar-refractivity contribution < 1.29 is 5.11 Å². The highest BCUT2D eigenvalue weighted by Gasteiger charge is 2.05. The van der Waals surface area contributed by atoms with Gasteiger partial charge in [-0.1, -0.05) is 36.1 Å². The lowest BCUT2D eigenvalue weighted by Gasteiger charge is -2.17. The minimum absolute atomic E-state index is 0.0829. The van der Waals surface area contributed by atoms with Gasteiger partial charge in [0.25, 0.3) is 0 Å². The molecule has 1 aromatic heterocycles. The van der Waals surface area contributed by atoms with Crippen LogP contribution in [0.3, 0.4) is 0 Å². The Labute approximate surface area is 124 Å². The van der Waals surface area contributed by atoms with Crippen LogP contribution in [0.15, 0.2) is 36.4 Å². The van der Waals surface area contributed by atoms with Crippen LogP contribution < -0.4 is 0 Å². The molecule has 1 heterocycles. The molecule has 1 aromatic carbocycles. The van der Waals surface area contributed by atoms with Crippen LogP contribution in [0.1, 0.15) is 20.9 Å². The van der Waals surface area contributed by atoms with E-state index in [1.54, 1.807) is 11.3 Å². The Morgan fingerprint density at radius 2 is 1.95 bits per heavy atom. The van der Waals surface area contributed by atoms with E-state index in [1.165, 1.54) is 16.0 Å². The molecule has 20 heavy (non-hydrogen) atoms. The fraction of sp³-hybridized carbons (Fsp3) is 0.294. The summed E-state index contributed by atoms with van der Waals surface area (Å²) in [7, 11) is 2.13. The van der Waals surface area contributed by atoms with Gasteiger partial charge in [0, 0.05) is 18.0 Å². The zero-order valence-corrected chi connectivity index (χ0v) is 12.7. The third-order valence-electron chi connectivity index (χ3n) is 3.08.